The van der Waals surface area contributed by atoms with Crippen LogP contribution in [0.5, 0.6) is 11.5 Å². The van der Waals surface area contributed by atoms with Crippen molar-refractivity contribution in [3.05, 3.63) is 54.1 Å². The van der Waals surface area contributed by atoms with Crippen LogP contribution < -0.4 is 19.3 Å². The largest absolute Gasteiger partial charge is 0.497 e. The van der Waals surface area contributed by atoms with Gasteiger partial charge in [0.25, 0.3) is 0 Å². The maximum atomic E-state index is 5.22. The summed E-state index contributed by atoms with van der Waals surface area (Å²) in [6, 6.07) is 16.8. The lowest BCUT2D eigenvalue weighted by Crippen LogP contribution is -3.13. The van der Waals surface area contributed by atoms with Crippen LogP contribution in [-0.4, -0.2) is 40.4 Å². The van der Waals surface area contributed by atoms with E-state index in [-0.39, 0.29) is 0 Å². The monoisotopic (exact) mass is 313 g/mol. The second-order valence-corrected chi connectivity index (χ2v) is 5.96. The van der Waals surface area contributed by atoms with E-state index in [1.807, 2.05) is 24.3 Å². The molecule has 1 aliphatic rings. The fourth-order valence-corrected chi connectivity index (χ4v) is 3.08. The van der Waals surface area contributed by atoms with Gasteiger partial charge in [0, 0.05) is 11.3 Å². The molecule has 4 nitrogen and oxygen atoms in total. The van der Waals surface area contributed by atoms with Crippen LogP contribution in [-0.2, 0) is 6.54 Å². The van der Waals surface area contributed by atoms with Crippen LogP contribution >= 0.6 is 0 Å². The number of ether oxygens (including phenoxy) is 2. The third-order valence-electron chi connectivity index (χ3n) is 4.52. The summed E-state index contributed by atoms with van der Waals surface area (Å²) in [5.74, 6) is 1.84. The van der Waals surface area contributed by atoms with Crippen LogP contribution in [0.1, 0.15) is 5.56 Å². The molecule has 0 saturated carbocycles. The summed E-state index contributed by atoms with van der Waals surface area (Å²) in [5.41, 5.74) is 2.66. The maximum absolute atomic E-state index is 5.22. The SMILES string of the molecule is COc1ccc(C[NH+]2CCN(c3ccc(OC)cc3)CC2)cc1. The third-order valence-corrected chi connectivity index (χ3v) is 4.52. The van der Waals surface area contributed by atoms with Gasteiger partial charge in [-0.3, -0.25) is 0 Å². The van der Waals surface area contributed by atoms with E-state index in [0.29, 0.717) is 0 Å². The highest BCUT2D eigenvalue weighted by Crippen LogP contribution is 2.19. The first-order valence-electron chi connectivity index (χ1n) is 8.14. The first-order valence-corrected chi connectivity index (χ1v) is 8.14. The zero-order valence-electron chi connectivity index (χ0n) is 13.9. The summed E-state index contributed by atoms with van der Waals surface area (Å²) in [6.07, 6.45) is 0. The molecule has 4 heteroatoms. The van der Waals surface area contributed by atoms with Crippen molar-refractivity contribution in [3.63, 3.8) is 0 Å². The molecule has 0 bridgehead atoms. The molecule has 2 aromatic carbocycles. The van der Waals surface area contributed by atoms with Crippen molar-refractivity contribution >= 4 is 5.69 Å². The number of hydrogen-bond acceptors (Lipinski definition) is 3. The van der Waals surface area contributed by atoms with Crippen LogP contribution in [0.4, 0.5) is 5.69 Å². The number of quaternary nitrogens is 1. The molecule has 0 amide bonds. The van der Waals surface area contributed by atoms with Crippen LogP contribution in [0.2, 0.25) is 0 Å². The average molecular weight is 313 g/mol. The number of rotatable bonds is 5. The molecule has 0 radical (unpaired) electrons. The Morgan fingerprint density at radius 3 is 1.87 bits per heavy atom. The number of piperazine rings is 1. The van der Waals surface area contributed by atoms with Gasteiger partial charge in [-0.05, 0) is 48.5 Å². The minimum absolute atomic E-state index is 0.914. The van der Waals surface area contributed by atoms with E-state index >= 15 is 0 Å². The van der Waals surface area contributed by atoms with Crippen LogP contribution in [0, 0.1) is 0 Å². The molecule has 3 rings (SSSR count). The maximum Gasteiger partial charge on any atom is 0.119 e. The molecule has 1 saturated heterocycles. The molecule has 122 valence electrons. The quantitative estimate of drug-likeness (QED) is 0.908. The Balaban J connectivity index is 1.53. The summed E-state index contributed by atoms with van der Waals surface area (Å²) in [6.45, 7) is 5.60. The van der Waals surface area contributed by atoms with Crippen molar-refractivity contribution in [1.82, 2.24) is 0 Å². The van der Waals surface area contributed by atoms with Crippen molar-refractivity contribution in [1.29, 1.82) is 0 Å². The number of hydrogen-bond donors (Lipinski definition) is 1. The number of nitrogens with one attached hydrogen (secondary N) is 1. The van der Waals surface area contributed by atoms with Gasteiger partial charge in [0.15, 0.2) is 0 Å². The smallest absolute Gasteiger partial charge is 0.119 e. The molecular weight excluding hydrogens is 288 g/mol. The normalized spacial score (nSPS) is 15.5. The number of anilines is 1. The van der Waals surface area contributed by atoms with Gasteiger partial charge in [-0.2, -0.15) is 0 Å². The van der Waals surface area contributed by atoms with Crippen molar-refractivity contribution < 1.29 is 14.4 Å². The minimum Gasteiger partial charge on any atom is -0.497 e. The van der Waals surface area contributed by atoms with Gasteiger partial charge in [0.1, 0.15) is 18.0 Å². The predicted molar refractivity (Wildman–Crippen MR) is 92.6 cm³/mol. The fourth-order valence-electron chi connectivity index (χ4n) is 3.08. The van der Waals surface area contributed by atoms with Gasteiger partial charge >= 0.3 is 0 Å². The molecule has 1 N–H and O–H groups in total. The highest BCUT2D eigenvalue weighted by atomic mass is 16.5. The molecule has 0 aliphatic carbocycles. The van der Waals surface area contributed by atoms with Crippen LogP contribution in [0.15, 0.2) is 48.5 Å². The second-order valence-electron chi connectivity index (χ2n) is 5.96. The lowest BCUT2D eigenvalue weighted by atomic mass is 10.2. The van der Waals surface area contributed by atoms with E-state index in [9.17, 15) is 0 Å². The summed E-state index contributed by atoms with van der Waals surface area (Å²) >= 11 is 0. The molecule has 0 aromatic heterocycles. The zero-order chi connectivity index (χ0) is 16.1. The van der Waals surface area contributed by atoms with E-state index in [4.69, 9.17) is 9.47 Å². The molecule has 1 aliphatic heterocycles. The van der Waals surface area contributed by atoms with Gasteiger partial charge in [0.2, 0.25) is 0 Å². The van der Waals surface area contributed by atoms with Crippen molar-refractivity contribution in [2.75, 3.05) is 45.3 Å². The Morgan fingerprint density at radius 2 is 1.35 bits per heavy atom. The second kappa shape index (κ2) is 7.38. The Bertz CT molecular complexity index is 602. The van der Waals surface area contributed by atoms with Gasteiger partial charge in [-0.15, -0.1) is 0 Å². The van der Waals surface area contributed by atoms with Crippen molar-refractivity contribution in [3.8, 4) is 11.5 Å². The molecule has 1 heterocycles. The third kappa shape index (κ3) is 3.96. The predicted octanol–water partition coefficient (Wildman–Crippen LogP) is 1.61. The average Bonchev–Trinajstić information content (AvgIpc) is 2.63. The zero-order valence-corrected chi connectivity index (χ0v) is 13.9. The van der Waals surface area contributed by atoms with E-state index in [0.717, 1.165) is 44.2 Å². The highest BCUT2D eigenvalue weighted by Gasteiger charge is 2.20. The van der Waals surface area contributed by atoms with E-state index in [1.165, 1.54) is 11.3 Å². The Hall–Kier alpha value is -2.20. The van der Waals surface area contributed by atoms with E-state index in [1.54, 1.807) is 19.1 Å². The van der Waals surface area contributed by atoms with Crippen LogP contribution in [0.3, 0.4) is 0 Å². The molecule has 0 spiro atoms. The van der Waals surface area contributed by atoms with E-state index in [2.05, 4.69) is 29.2 Å². The van der Waals surface area contributed by atoms with Gasteiger partial charge < -0.3 is 19.3 Å². The first-order chi connectivity index (χ1) is 11.3. The standard InChI is InChI=1S/C19H24N2O2/c1-22-18-7-3-16(4-8-18)15-20-11-13-21(14-12-20)17-5-9-19(23-2)10-6-17/h3-10H,11-15H2,1-2H3/p+1. The topological polar surface area (TPSA) is 26.1 Å². The molecule has 0 unspecified atom stereocenters. The first kappa shape index (κ1) is 15.7. The van der Waals surface area contributed by atoms with Gasteiger partial charge in [-0.1, -0.05) is 0 Å². The van der Waals surface area contributed by atoms with Gasteiger partial charge in [0.05, 0.1) is 40.4 Å². The summed E-state index contributed by atoms with van der Waals surface area (Å²) in [7, 11) is 3.41. The number of methoxy groups -OCH3 is 2. The van der Waals surface area contributed by atoms with Crippen molar-refractivity contribution in [2.24, 2.45) is 0 Å². The number of benzene rings is 2. The summed E-state index contributed by atoms with van der Waals surface area (Å²) in [5, 5.41) is 0. The van der Waals surface area contributed by atoms with Crippen LogP contribution in [0.25, 0.3) is 0 Å². The highest BCUT2D eigenvalue weighted by molar-refractivity contribution is 5.49. The van der Waals surface area contributed by atoms with Gasteiger partial charge in [-0.25, -0.2) is 0 Å². The molecule has 2 aromatic rings. The lowest BCUT2D eigenvalue weighted by Gasteiger charge is -2.33. The van der Waals surface area contributed by atoms with E-state index < -0.39 is 0 Å². The molecule has 1 fully saturated rings. The molecule has 23 heavy (non-hydrogen) atoms. The molecular formula is C19H25N2O2+. The summed E-state index contributed by atoms with van der Waals surface area (Å²) < 4.78 is 10.4. The fraction of sp³-hybridized carbons (Fsp3) is 0.368. The minimum atomic E-state index is 0.914. The lowest BCUT2D eigenvalue weighted by molar-refractivity contribution is -0.914. The summed E-state index contributed by atoms with van der Waals surface area (Å²) in [4.78, 5) is 4.09. The number of nitrogens with zero attached hydrogens (tertiary/aromatic N) is 1. The molecule has 0 atom stereocenters. The Labute approximate surface area is 138 Å². The Kier molecular flexibility index (Phi) is 5.03. The van der Waals surface area contributed by atoms with Crippen molar-refractivity contribution in [2.45, 2.75) is 6.54 Å². The Morgan fingerprint density at radius 1 is 0.826 bits per heavy atom.